The molecule has 1 aliphatic rings. The van der Waals surface area contributed by atoms with Crippen molar-refractivity contribution < 1.29 is 9.53 Å². The zero-order valence-corrected chi connectivity index (χ0v) is 19.5. The molecule has 8 nitrogen and oxygen atoms in total. The highest BCUT2D eigenvalue weighted by molar-refractivity contribution is 7.08. The Bertz CT molecular complexity index is 1490. The number of likely N-dealkylation sites (tertiary alicyclic amines) is 1. The van der Waals surface area contributed by atoms with Crippen LogP contribution in [0.15, 0.2) is 53.5 Å². The summed E-state index contributed by atoms with van der Waals surface area (Å²) in [6.45, 7) is 1.40. The molecule has 5 aromatic rings. The number of hydrogen-bond acceptors (Lipinski definition) is 6. The van der Waals surface area contributed by atoms with Crippen LogP contribution in [0.4, 0.5) is 5.82 Å². The van der Waals surface area contributed by atoms with Gasteiger partial charge in [-0.05, 0) is 36.4 Å². The molecule has 0 aliphatic carbocycles. The van der Waals surface area contributed by atoms with Gasteiger partial charge in [0.1, 0.15) is 28.6 Å². The fraction of sp³-hybridized carbons (Fsp3) is 0.240. The Morgan fingerprint density at radius 2 is 2.12 bits per heavy atom. The van der Waals surface area contributed by atoms with Crippen LogP contribution >= 0.6 is 11.3 Å². The maximum absolute atomic E-state index is 12.8. The Kier molecular flexibility index (Phi) is 4.99. The van der Waals surface area contributed by atoms with E-state index in [0.717, 1.165) is 57.8 Å². The van der Waals surface area contributed by atoms with Gasteiger partial charge < -0.3 is 20.4 Å². The Morgan fingerprint density at radius 1 is 1.26 bits per heavy atom. The average Bonchev–Trinajstić information content (AvgIpc) is 3.62. The summed E-state index contributed by atoms with van der Waals surface area (Å²) in [5.41, 5.74) is 10.5. The van der Waals surface area contributed by atoms with Gasteiger partial charge in [0.2, 0.25) is 0 Å². The molecule has 0 saturated carbocycles. The van der Waals surface area contributed by atoms with E-state index in [-0.39, 0.29) is 11.8 Å². The van der Waals surface area contributed by atoms with Crippen LogP contribution in [-0.2, 0) is 0 Å². The van der Waals surface area contributed by atoms with Crippen LogP contribution < -0.4 is 10.5 Å². The van der Waals surface area contributed by atoms with E-state index in [1.807, 2.05) is 46.1 Å². The first-order chi connectivity index (χ1) is 16.6. The number of rotatable bonds is 4. The van der Waals surface area contributed by atoms with Crippen molar-refractivity contribution in [1.29, 1.82) is 0 Å². The lowest BCUT2D eigenvalue weighted by molar-refractivity contribution is 0.0711. The summed E-state index contributed by atoms with van der Waals surface area (Å²) < 4.78 is 7.58. The van der Waals surface area contributed by atoms with Gasteiger partial charge in [-0.15, -0.1) is 0 Å². The number of para-hydroxylation sites is 1. The van der Waals surface area contributed by atoms with Crippen molar-refractivity contribution in [2.75, 3.05) is 25.9 Å². The number of nitrogens with zero attached hydrogens (tertiary/aromatic N) is 4. The summed E-state index contributed by atoms with van der Waals surface area (Å²) in [5, 5.41) is 4.89. The summed E-state index contributed by atoms with van der Waals surface area (Å²) in [5.74, 6) is 2.49. The first-order valence-corrected chi connectivity index (χ1v) is 12.2. The number of methoxy groups -OCH3 is 1. The molecule has 0 unspecified atom stereocenters. The van der Waals surface area contributed by atoms with E-state index in [9.17, 15) is 4.79 Å². The highest BCUT2D eigenvalue weighted by Crippen LogP contribution is 2.36. The van der Waals surface area contributed by atoms with Crippen LogP contribution in [0.5, 0.6) is 5.75 Å². The van der Waals surface area contributed by atoms with E-state index in [1.54, 1.807) is 24.6 Å². The highest BCUT2D eigenvalue weighted by Gasteiger charge is 2.29. The molecule has 1 amide bonds. The molecule has 5 heterocycles. The van der Waals surface area contributed by atoms with Crippen molar-refractivity contribution in [2.45, 2.75) is 18.8 Å². The van der Waals surface area contributed by atoms with Crippen molar-refractivity contribution in [1.82, 2.24) is 24.3 Å². The van der Waals surface area contributed by atoms with Gasteiger partial charge in [-0.2, -0.15) is 11.3 Å². The van der Waals surface area contributed by atoms with Crippen molar-refractivity contribution in [3.8, 4) is 17.1 Å². The second kappa shape index (κ2) is 8.18. The standard InChI is InChI=1S/C25H24N6O2S/c1-33-19-4-2-3-16-13-18(28-20(16)19)21-22-23(26)27-8-11-31(22)24(29-21)15-5-9-30(10-6-15)25(32)17-7-12-34-14-17/h2-4,7-8,11-15,28H,5-6,9-10H2,1H3,(H2,26,27). The Balaban J connectivity index is 1.36. The van der Waals surface area contributed by atoms with Crippen LogP contribution in [0.3, 0.4) is 0 Å². The highest BCUT2D eigenvalue weighted by atomic mass is 32.1. The molecule has 34 heavy (non-hydrogen) atoms. The number of thiophene rings is 1. The molecule has 0 spiro atoms. The number of piperidine rings is 1. The molecule has 9 heteroatoms. The number of anilines is 1. The molecule has 1 aromatic carbocycles. The minimum atomic E-state index is 0.105. The number of H-pyrrole nitrogens is 1. The molecule has 1 saturated heterocycles. The first-order valence-electron chi connectivity index (χ1n) is 11.2. The molecule has 0 bridgehead atoms. The number of hydrogen-bond donors (Lipinski definition) is 2. The molecule has 1 aliphatic heterocycles. The van der Waals surface area contributed by atoms with E-state index in [0.29, 0.717) is 18.9 Å². The number of carbonyl (C=O) groups is 1. The average molecular weight is 473 g/mol. The number of nitrogens with two attached hydrogens (primary N) is 1. The van der Waals surface area contributed by atoms with Gasteiger partial charge in [-0.3, -0.25) is 9.20 Å². The lowest BCUT2D eigenvalue weighted by Gasteiger charge is -2.31. The number of nitrogens with one attached hydrogen (secondary N) is 1. The van der Waals surface area contributed by atoms with E-state index in [2.05, 4.69) is 20.4 Å². The van der Waals surface area contributed by atoms with Crippen molar-refractivity contribution in [3.05, 3.63) is 64.9 Å². The number of amides is 1. The first kappa shape index (κ1) is 20.7. The normalized spacial score (nSPS) is 14.8. The van der Waals surface area contributed by atoms with Gasteiger partial charge in [0.15, 0.2) is 0 Å². The van der Waals surface area contributed by atoms with Gasteiger partial charge in [0.05, 0.1) is 23.9 Å². The predicted octanol–water partition coefficient (Wildman–Crippen LogP) is 4.55. The topological polar surface area (TPSA) is 102 Å². The molecule has 6 rings (SSSR count). The quantitative estimate of drug-likeness (QED) is 0.400. The number of carbonyl (C=O) groups excluding carboxylic acids is 1. The Labute approximate surface area is 200 Å². The molecule has 0 atom stereocenters. The third-order valence-corrected chi connectivity index (χ3v) is 7.30. The monoisotopic (exact) mass is 472 g/mol. The maximum atomic E-state index is 12.8. The van der Waals surface area contributed by atoms with E-state index in [4.69, 9.17) is 15.5 Å². The minimum Gasteiger partial charge on any atom is -0.495 e. The largest absolute Gasteiger partial charge is 0.495 e. The summed E-state index contributed by atoms with van der Waals surface area (Å²) in [6, 6.07) is 9.90. The zero-order valence-electron chi connectivity index (χ0n) is 18.7. The maximum Gasteiger partial charge on any atom is 0.254 e. The number of fused-ring (bicyclic) bond motifs is 2. The van der Waals surface area contributed by atoms with Gasteiger partial charge in [0, 0.05) is 42.2 Å². The summed E-state index contributed by atoms with van der Waals surface area (Å²) in [6.07, 6.45) is 5.32. The fourth-order valence-corrected chi connectivity index (χ4v) is 5.53. The van der Waals surface area contributed by atoms with E-state index >= 15 is 0 Å². The number of imidazole rings is 1. The number of benzene rings is 1. The molecule has 172 valence electrons. The van der Waals surface area contributed by atoms with Crippen molar-refractivity contribution in [2.24, 2.45) is 0 Å². The predicted molar refractivity (Wildman–Crippen MR) is 133 cm³/mol. The fourth-order valence-electron chi connectivity index (χ4n) is 4.90. The number of nitrogen functional groups attached to an aromatic ring is 1. The number of ether oxygens (including phenoxy) is 1. The van der Waals surface area contributed by atoms with Crippen LogP contribution in [0.2, 0.25) is 0 Å². The van der Waals surface area contributed by atoms with Crippen LogP contribution in [0, 0.1) is 0 Å². The Morgan fingerprint density at radius 3 is 2.88 bits per heavy atom. The molecule has 0 radical (unpaired) electrons. The lowest BCUT2D eigenvalue weighted by atomic mass is 9.95. The lowest BCUT2D eigenvalue weighted by Crippen LogP contribution is -2.38. The molecule has 1 fully saturated rings. The van der Waals surface area contributed by atoms with Gasteiger partial charge in [-0.25, -0.2) is 9.97 Å². The third kappa shape index (κ3) is 3.31. The number of aromatic nitrogens is 4. The van der Waals surface area contributed by atoms with Crippen molar-refractivity contribution in [3.63, 3.8) is 0 Å². The second-order valence-corrected chi connectivity index (χ2v) is 9.32. The minimum absolute atomic E-state index is 0.105. The van der Waals surface area contributed by atoms with Crippen LogP contribution in [0.1, 0.15) is 34.9 Å². The SMILES string of the molecule is COc1cccc2cc(-c3nc(C4CCN(C(=O)c5ccsc5)CC4)n4ccnc(N)c34)[nH]c12. The second-order valence-electron chi connectivity index (χ2n) is 8.54. The van der Waals surface area contributed by atoms with Crippen molar-refractivity contribution >= 4 is 39.5 Å². The van der Waals surface area contributed by atoms with Gasteiger partial charge in [-0.1, -0.05) is 12.1 Å². The molecule has 4 aromatic heterocycles. The van der Waals surface area contributed by atoms with Gasteiger partial charge in [0.25, 0.3) is 5.91 Å². The zero-order chi connectivity index (χ0) is 23.2. The van der Waals surface area contributed by atoms with E-state index < -0.39 is 0 Å². The summed E-state index contributed by atoms with van der Waals surface area (Å²) in [7, 11) is 1.66. The van der Waals surface area contributed by atoms with Crippen LogP contribution in [-0.4, -0.2) is 50.4 Å². The van der Waals surface area contributed by atoms with Gasteiger partial charge >= 0.3 is 0 Å². The Hall–Kier alpha value is -3.85. The molecule has 3 N–H and O–H groups in total. The third-order valence-electron chi connectivity index (χ3n) is 6.62. The van der Waals surface area contributed by atoms with Crippen LogP contribution in [0.25, 0.3) is 27.8 Å². The molecular formula is C25H24N6O2S. The summed E-state index contributed by atoms with van der Waals surface area (Å²) >= 11 is 1.55. The van der Waals surface area contributed by atoms with E-state index in [1.165, 1.54) is 0 Å². The summed E-state index contributed by atoms with van der Waals surface area (Å²) in [4.78, 5) is 27.6. The smallest absolute Gasteiger partial charge is 0.254 e. The molecular weight excluding hydrogens is 448 g/mol. The number of aromatic amines is 1.